The van der Waals surface area contributed by atoms with E-state index in [9.17, 15) is 9.59 Å². The summed E-state index contributed by atoms with van der Waals surface area (Å²) in [6, 6.07) is 5.15. The zero-order valence-corrected chi connectivity index (χ0v) is 11.5. The van der Waals surface area contributed by atoms with Crippen LogP contribution in [0.25, 0.3) is 0 Å². The molecule has 4 N–H and O–H groups in total. The molecule has 5 nitrogen and oxygen atoms in total. The monoisotopic (exact) mass is 314 g/mol. The van der Waals surface area contributed by atoms with Gasteiger partial charge in [-0.1, -0.05) is 13.0 Å². The maximum absolute atomic E-state index is 11.3. The molecule has 0 saturated heterocycles. The van der Waals surface area contributed by atoms with Crippen LogP contribution in [0.5, 0.6) is 0 Å². The zero-order chi connectivity index (χ0) is 13.7. The van der Waals surface area contributed by atoms with E-state index >= 15 is 0 Å². The van der Waals surface area contributed by atoms with Crippen molar-refractivity contribution in [2.75, 3.05) is 11.9 Å². The second-order valence-electron chi connectivity index (χ2n) is 3.85. The fourth-order valence-electron chi connectivity index (χ4n) is 1.56. The van der Waals surface area contributed by atoms with Crippen LogP contribution in [-0.4, -0.2) is 23.5 Å². The summed E-state index contributed by atoms with van der Waals surface area (Å²) in [6.45, 7) is 2.05. The van der Waals surface area contributed by atoms with Gasteiger partial charge in [0.15, 0.2) is 0 Å². The number of rotatable bonds is 6. The normalized spacial score (nSPS) is 11.9. The number of carboxylic acids is 1. The van der Waals surface area contributed by atoms with Crippen LogP contribution < -0.4 is 11.1 Å². The molecule has 1 amide bonds. The van der Waals surface area contributed by atoms with E-state index in [1.807, 2.05) is 0 Å². The lowest BCUT2D eigenvalue weighted by molar-refractivity contribution is -0.141. The number of hydrogen-bond acceptors (Lipinski definition) is 3. The Morgan fingerprint density at radius 1 is 1.50 bits per heavy atom. The Kier molecular flexibility index (Phi) is 5.15. The van der Waals surface area contributed by atoms with Crippen LogP contribution >= 0.6 is 15.9 Å². The topological polar surface area (TPSA) is 92.4 Å². The van der Waals surface area contributed by atoms with Crippen LogP contribution in [0, 0.1) is 5.92 Å². The first-order chi connectivity index (χ1) is 8.47. The van der Waals surface area contributed by atoms with E-state index in [2.05, 4.69) is 21.2 Å². The lowest BCUT2D eigenvalue weighted by atomic mass is 10.1. The molecule has 0 aliphatic carbocycles. The number of nitrogens with one attached hydrogen (secondary N) is 1. The molecule has 1 unspecified atom stereocenters. The van der Waals surface area contributed by atoms with Crippen molar-refractivity contribution in [3.05, 3.63) is 28.2 Å². The van der Waals surface area contributed by atoms with Crippen molar-refractivity contribution in [3.8, 4) is 0 Å². The number of benzene rings is 1. The number of hydrogen-bond donors (Lipinski definition) is 3. The summed E-state index contributed by atoms with van der Waals surface area (Å²) in [5, 5.41) is 11.9. The van der Waals surface area contributed by atoms with E-state index in [1.165, 1.54) is 0 Å². The SMILES string of the molecule is CCC(CNc1cccc(Br)c1C(N)=O)C(=O)O. The van der Waals surface area contributed by atoms with Gasteiger partial charge >= 0.3 is 5.97 Å². The van der Waals surface area contributed by atoms with Gasteiger partial charge in [-0.25, -0.2) is 0 Å². The molecule has 1 aromatic rings. The molecule has 1 atom stereocenters. The third-order valence-electron chi connectivity index (χ3n) is 2.64. The molecule has 1 aromatic carbocycles. The van der Waals surface area contributed by atoms with Crippen LogP contribution in [0.3, 0.4) is 0 Å². The maximum Gasteiger partial charge on any atom is 0.308 e. The van der Waals surface area contributed by atoms with Gasteiger partial charge in [-0.05, 0) is 34.5 Å². The number of carbonyl (C=O) groups excluding carboxylic acids is 1. The number of amides is 1. The summed E-state index contributed by atoms with van der Waals surface area (Å²) >= 11 is 3.24. The number of halogens is 1. The third kappa shape index (κ3) is 3.46. The van der Waals surface area contributed by atoms with E-state index in [0.717, 1.165) is 0 Å². The Labute approximate surface area is 113 Å². The highest BCUT2D eigenvalue weighted by Gasteiger charge is 2.17. The molecule has 0 spiro atoms. The van der Waals surface area contributed by atoms with Crippen molar-refractivity contribution in [2.45, 2.75) is 13.3 Å². The Morgan fingerprint density at radius 2 is 2.17 bits per heavy atom. The minimum Gasteiger partial charge on any atom is -0.481 e. The Bertz CT molecular complexity index is 463. The van der Waals surface area contributed by atoms with Gasteiger partial charge in [-0.15, -0.1) is 0 Å². The van der Waals surface area contributed by atoms with Crippen LogP contribution in [0.1, 0.15) is 23.7 Å². The van der Waals surface area contributed by atoms with Crippen molar-refractivity contribution in [1.82, 2.24) is 0 Å². The smallest absolute Gasteiger partial charge is 0.308 e. The van der Waals surface area contributed by atoms with Crippen LogP contribution in [-0.2, 0) is 4.79 Å². The minimum atomic E-state index is -0.861. The van der Waals surface area contributed by atoms with Crippen molar-refractivity contribution in [3.63, 3.8) is 0 Å². The largest absolute Gasteiger partial charge is 0.481 e. The van der Waals surface area contributed by atoms with Crippen LogP contribution in [0.15, 0.2) is 22.7 Å². The average Bonchev–Trinajstić information content (AvgIpc) is 2.28. The summed E-state index contributed by atoms with van der Waals surface area (Å²) in [7, 11) is 0. The van der Waals surface area contributed by atoms with Crippen molar-refractivity contribution >= 4 is 33.5 Å². The first-order valence-electron chi connectivity index (χ1n) is 5.52. The van der Waals surface area contributed by atoms with Crippen LogP contribution in [0.2, 0.25) is 0 Å². The van der Waals surface area contributed by atoms with Gasteiger partial charge < -0.3 is 16.2 Å². The summed E-state index contributed by atoms with van der Waals surface area (Å²) < 4.78 is 0.586. The lowest BCUT2D eigenvalue weighted by Gasteiger charge is -2.14. The van der Waals surface area contributed by atoms with Gasteiger partial charge in [-0.2, -0.15) is 0 Å². The second-order valence-corrected chi connectivity index (χ2v) is 4.71. The van der Waals surface area contributed by atoms with E-state index in [-0.39, 0.29) is 6.54 Å². The standard InChI is InChI=1S/C12H15BrN2O3/c1-2-7(12(17)18)6-15-9-5-3-4-8(13)10(9)11(14)16/h3-5,7,15H,2,6H2,1H3,(H2,14,16)(H,17,18). The molecule has 0 saturated carbocycles. The first-order valence-corrected chi connectivity index (χ1v) is 6.31. The average molecular weight is 315 g/mol. The quantitative estimate of drug-likeness (QED) is 0.749. The van der Waals surface area contributed by atoms with Gasteiger partial charge in [0, 0.05) is 16.7 Å². The summed E-state index contributed by atoms with van der Waals surface area (Å²) in [5.41, 5.74) is 6.16. The number of nitrogens with two attached hydrogens (primary N) is 1. The molecule has 6 heteroatoms. The molecule has 0 radical (unpaired) electrons. The molecule has 18 heavy (non-hydrogen) atoms. The molecule has 0 heterocycles. The molecule has 0 aliphatic heterocycles. The van der Waals surface area contributed by atoms with Crippen molar-refractivity contribution < 1.29 is 14.7 Å². The summed E-state index contributed by atoms with van der Waals surface area (Å²) in [6.07, 6.45) is 0.516. The number of carboxylic acid groups (broad SMARTS) is 1. The predicted octanol–water partition coefficient (Wildman–Crippen LogP) is 2.07. The number of carbonyl (C=O) groups is 2. The highest BCUT2D eigenvalue weighted by atomic mass is 79.9. The summed E-state index contributed by atoms with van der Waals surface area (Å²) in [5.74, 6) is -1.92. The highest BCUT2D eigenvalue weighted by Crippen LogP contribution is 2.24. The fourth-order valence-corrected chi connectivity index (χ4v) is 2.12. The van der Waals surface area contributed by atoms with E-state index < -0.39 is 17.8 Å². The molecule has 0 aliphatic rings. The molecule has 0 aromatic heterocycles. The maximum atomic E-state index is 11.3. The molecular weight excluding hydrogens is 300 g/mol. The molecule has 1 rings (SSSR count). The Hall–Kier alpha value is -1.56. The van der Waals surface area contributed by atoms with Gasteiger partial charge in [0.2, 0.25) is 0 Å². The lowest BCUT2D eigenvalue weighted by Crippen LogP contribution is -2.23. The van der Waals surface area contributed by atoms with E-state index in [0.29, 0.717) is 22.1 Å². The van der Waals surface area contributed by atoms with Gasteiger partial charge in [0.25, 0.3) is 5.91 Å². The van der Waals surface area contributed by atoms with Crippen molar-refractivity contribution in [1.29, 1.82) is 0 Å². The van der Waals surface area contributed by atoms with Crippen molar-refractivity contribution in [2.24, 2.45) is 11.7 Å². The molecule has 0 bridgehead atoms. The van der Waals surface area contributed by atoms with Crippen LogP contribution in [0.4, 0.5) is 5.69 Å². The predicted molar refractivity (Wildman–Crippen MR) is 72.6 cm³/mol. The molecule has 98 valence electrons. The van der Waals surface area contributed by atoms with Gasteiger partial charge in [0.1, 0.15) is 0 Å². The zero-order valence-electron chi connectivity index (χ0n) is 9.94. The second kappa shape index (κ2) is 6.39. The number of anilines is 1. The molecular formula is C12H15BrN2O3. The fraction of sp³-hybridized carbons (Fsp3) is 0.333. The number of aliphatic carboxylic acids is 1. The summed E-state index contributed by atoms with van der Waals surface area (Å²) in [4.78, 5) is 22.2. The Morgan fingerprint density at radius 3 is 2.67 bits per heavy atom. The third-order valence-corrected chi connectivity index (χ3v) is 3.30. The first kappa shape index (κ1) is 14.5. The Balaban J connectivity index is 2.88. The van der Waals surface area contributed by atoms with Gasteiger partial charge in [0.05, 0.1) is 11.5 Å². The van der Waals surface area contributed by atoms with E-state index in [4.69, 9.17) is 10.8 Å². The highest BCUT2D eigenvalue weighted by molar-refractivity contribution is 9.10. The molecule has 0 fully saturated rings. The number of primary amides is 1. The van der Waals surface area contributed by atoms with Gasteiger partial charge in [-0.3, -0.25) is 9.59 Å². The van der Waals surface area contributed by atoms with E-state index in [1.54, 1.807) is 25.1 Å². The minimum absolute atomic E-state index is 0.253.